The monoisotopic (exact) mass is 368 g/mol. The zero-order valence-corrected chi connectivity index (χ0v) is 14.8. The molecule has 0 saturated heterocycles. The van der Waals surface area contributed by atoms with Crippen LogP contribution in [-0.2, 0) is 0 Å². The van der Waals surface area contributed by atoms with Crippen LogP contribution in [-0.4, -0.2) is 26.9 Å². The maximum atomic E-state index is 6.07. The predicted molar refractivity (Wildman–Crippen MR) is 101 cm³/mol. The molecule has 0 spiro atoms. The average molecular weight is 369 g/mol. The molecule has 0 amide bonds. The summed E-state index contributed by atoms with van der Waals surface area (Å²) in [7, 11) is 1.66. The lowest BCUT2D eigenvalue weighted by Crippen LogP contribution is -1.90. The van der Waals surface area contributed by atoms with Gasteiger partial charge in [0, 0.05) is 16.1 Å². The first-order chi connectivity index (χ1) is 12.2. The van der Waals surface area contributed by atoms with Crippen LogP contribution in [0.1, 0.15) is 10.6 Å². The van der Waals surface area contributed by atoms with Gasteiger partial charge < -0.3 is 4.74 Å². The molecule has 0 aliphatic heterocycles. The summed E-state index contributed by atoms with van der Waals surface area (Å²) in [6.45, 7) is 0. The van der Waals surface area contributed by atoms with Gasteiger partial charge in [-0.25, -0.2) is 0 Å². The summed E-state index contributed by atoms with van der Waals surface area (Å²) in [5.41, 5.74) is 1.87. The van der Waals surface area contributed by atoms with Gasteiger partial charge >= 0.3 is 0 Å². The number of rotatable bonds is 4. The number of hydrogen-bond acceptors (Lipinski definition) is 5. The second kappa shape index (κ2) is 6.66. The molecule has 0 fully saturated rings. The van der Waals surface area contributed by atoms with Crippen LogP contribution >= 0.6 is 22.9 Å². The molecular weight excluding hydrogens is 356 g/mol. The zero-order valence-electron chi connectivity index (χ0n) is 13.3. The Morgan fingerprint density at radius 1 is 1.08 bits per heavy atom. The number of halogens is 1. The highest BCUT2D eigenvalue weighted by Gasteiger charge is 2.12. The minimum atomic E-state index is 0.653. The Hall–Kier alpha value is -2.70. The molecule has 0 unspecified atom stereocenters. The lowest BCUT2D eigenvalue weighted by molar-refractivity contribution is 0.414. The molecule has 0 aliphatic rings. The second-order valence-electron chi connectivity index (χ2n) is 5.24. The van der Waals surface area contributed by atoms with E-state index >= 15 is 0 Å². The van der Waals surface area contributed by atoms with E-state index in [9.17, 15) is 0 Å². The Bertz CT molecular complexity index is 1070. The molecule has 0 aliphatic carbocycles. The molecule has 0 bridgehead atoms. The molecule has 2 aromatic carbocycles. The quantitative estimate of drug-likeness (QED) is 0.524. The van der Waals surface area contributed by atoms with Crippen molar-refractivity contribution in [3.05, 3.63) is 64.1 Å². The SMILES string of the molecule is COc1ccccc1/C=C\c1nn2c(-c3cccc(Cl)c3)nnc2s1. The fraction of sp³-hybridized carbons (Fsp3) is 0.0556. The van der Waals surface area contributed by atoms with E-state index in [1.807, 2.05) is 60.7 Å². The fourth-order valence-corrected chi connectivity index (χ4v) is 3.40. The highest BCUT2D eigenvalue weighted by molar-refractivity contribution is 7.17. The molecule has 2 heterocycles. The van der Waals surface area contributed by atoms with Crippen molar-refractivity contribution >= 4 is 40.1 Å². The smallest absolute Gasteiger partial charge is 0.235 e. The summed E-state index contributed by atoms with van der Waals surface area (Å²) in [5, 5.41) is 14.5. The summed E-state index contributed by atoms with van der Waals surface area (Å²) in [5.74, 6) is 1.49. The van der Waals surface area contributed by atoms with Crippen LogP contribution in [0.2, 0.25) is 5.02 Å². The van der Waals surface area contributed by atoms with Gasteiger partial charge in [0.05, 0.1) is 7.11 Å². The number of para-hydroxylation sites is 1. The number of aromatic nitrogens is 4. The van der Waals surface area contributed by atoms with Crippen LogP contribution in [0.25, 0.3) is 28.5 Å². The largest absolute Gasteiger partial charge is 0.496 e. The molecule has 7 heteroatoms. The first-order valence-electron chi connectivity index (χ1n) is 7.54. The number of fused-ring (bicyclic) bond motifs is 1. The van der Waals surface area contributed by atoms with Gasteiger partial charge in [-0.15, -0.1) is 10.2 Å². The summed E-state index contributed by atoms with van der Waals surface area (Å²) in [4.78, 5) is 0.731. The van der Waals surface area contributed by atoms with Crippen molar-refractivity contribution in [3.8, 4) is 17.1 Å². The first-order valence-corrected chi connectivity index (χ1v) is 8.73. The molecule has 25 heavy (non-hydrogen) atoms. The molecule has 4 rings (SSSR count). The molecule has 4 aromatic rings. The standard InChI is InChI=1S/C18H13ClN4OS/c1-24-15-8-3-2-5-12(15)9-10-16-22-23-17(20-21-18(23)25-16)13-6-4-7-14(19)11-13/h2-11H,1H3/b10-9-. The molecule has 0 saturated carbocycles. The van der Waals surface area contributed by atoms with Gasteiger partial charge in [-0.3, -0.25) is 0 Å². The molecule has 0 atom stereocenters. The second-order valence-corrected chi connectivity index (χ2v) is 6.67. The number of methoxy groups -OCH3 is 1. The van der Waals surface area contributed by atoms with Gasteiger partial charge in [0.25, 0.3) is 0 Å². The number of nitrogens with zero attached hydrogens (tertiary/aromatic N) is 4. The van der Waals surface area contributed by atoms with Crippen LogP contribution in [0, 0.1) is 0 Å². The van der Waals surface area contributed by atoms with E-state index in [0.29, 0.717) is 10.8 Å². The van der Waals surface area contributed by atoms with Crippen molar-refractivity contribution in [2.24, 2.45) is 0 Å². The van der Waals surface area contributed by atoms with Gasteiger partial charge in [0.2, 0.25) is 4.96 Å². The Balaban J connectivity index is 1.70. The molecular formula is C18H13ClN4OS. The molecule has 124 valence electrons. The third kappa shape index (κ3) is 3.14. The Labute approximate surface area is 153 Å². The molecule has 5 nitrogen and oxygen atoms in total. The Kier molecular flexibility index (Phi) is 4.21. The Morgan fingerprint density at radius 3 is 2.80 bits per heavy atom. The van der Waals surface area contributed by atoms with E-state index in [1.165, 1.54) is 11.3 Å². The summed E-state index contributed by atoms with van der Waals surface area (Å²) in [6.07, 6.45) is 3.92. The number of hydrogen-bond donors (Lipinski definition) is 0. The van der Waals surface area contributed by atoms with E-state index in [-0.39, 0.29) is 0 Å². The van der Waals surface area contributed by atoms with E-state index in [4.69, 9.17) is 16.3 Å². The van der Waals surface area contributed by atoms with Crippen molar-refractivity contribution in [3.63, 3.8) is 0 Å². The van der Waals surface area contributed by atoms with Crippen LogP contribution < -0.4 is 4.74 Å². The summed E-state index contributed by atoms with van der Waals surface area (Å²) in [6, 6.07) is 15.3. The minimum absolute atomic E-state index is 0.653. The normalized spacial score (nSPS) is 11.4. The average Bonchev–Trinajstić information content (AvgIpc) is 3.20. The van der Waals surface area contributed by atoms with Gasteiger partial charge in [-0.1, -0.05) is 53.3 Å². The topological polar surface area (TPSA) is 52.3 Å². The number of benzene rings is 2. The van der Waals surface area contributed by atoms with Crippen molar-refractivity contribution < 1.29 is 4.74 Å². The Morgan fingerprint density at radius 2 is 1.96 bits per heavy atom. The van der Waals surface area contributed by atoms with Gasteiger partial charge in [-0.05, 0) is 30.4 Å². The number of ether oxygens (including phenoxy) is 1. The van der Waals surface area contributed by atoms with E-state index in [2.05, 4.69) is 15.3 Å². The van der Waals surface area contributed by atoms with Crippen molar-refractivity contribution in [2.45, 2.75) is 0 Å². The van der Waals surface area contributed by atoms with Gasteiger partial charge in [0.1, 0.15) is 10.8 Å². The van der Waals surface area contributed by atoms with Crippen molar-refractivity contribution in [1.29, 1.82) is 0 Å². The first kappa shape index (κ1) is 15.8. The fourth-order valence-electron chi connectivity index (χ4n) is 2.47. The lowest BCUT2D eigenvalue weighted by Gasteiger charge is -2.02. The van der Waals surface area contributed by atoms with Crippen LogP contribution in [0.15, 0.2) is 48.5 Å². The third-order valence-corrected chi connectivity index (χ3v) is 4.73. The van der Waals surface area contributed by atoms with Gasteiger partial charge in [0.15, 0.2) is 5.82 Å². The predicted octanol–water partition coefficient (Wildman–Crippen LogP) is 4.69. The molecule has 2 aromatic heterocycles. The van der Waals surface area contributed by atoms with Crippen LogP contribution in [0.5, 0.6) is 5.75 Å². The molecule has 0 radical (unpaired) electrons. The minimum Gasteiger partial charge on any atom is -0.496 e. The lowest BCUT2D eigenvalue weighted by atomic mass is 10.2. The summed E-state index contributed by atoms with van der Waals surface area (Å²) < 4.78 is 7.09. The molecule has 0 N–H and O–H groups in total. The van der Waals surface area contributed by atoms with Crippen molar-refractivity contribution in [2.75, 3.05) is 7.11 Å². The maximum Gasteiger partial charge on any atom is 0.235 e. The van der Waals surface area contributed by atoms with E-state index in [1.54, 1.807) is 11.6 Å². The van der Waals surface area contributed by atoms with E-state index < -0.39 is 0 Å². The summed E-state index contributed by atoms with van der Waals surface area (Å²) >= 11 is 7.53. The maximum absolute atomic E-state index is 6.07. The zero-order chi connectivity index (χ0) is 17.2. The van der Waals surface area contributed by atoms with E-state index in [0.717, 1.165) is 26.8 Å². The van der Waals surface area contributed by atoms with Crippen LogP contribution in [0.3, 0.4) is 0 Å². The van der Waals surface area contributed by atoms with Crippen LogP contribution in [0.4, 0.5) is 0 Å². The van der Waals surface area contributed by atoms with Gasteiger partial charge in [-0.2, -0.15) is 9.61 Å². The van der Waals surface area contributed by atoms with Crippen molar-refractivity contribution in [1.82, 2.24) is 19.8 Å². The highest BCUT2D eigenvalue weighted by Crippen LogP contribution is 2.25. The third-order valence-electron chi connectivity index (χ3n) is 3.63. The highest BCUT2D eigenvalue weighted by atomic mass is 35.5.